The predicted molar refractivity (Wildman–Crippen MR) is 65.4 cm³/mol. The molecule has 0 amide bonds. The van der Waals surface area contributed by atoms with E-state index in [0.29, 0.717) is 11.4 Å². The van der Waals surface area contributed by atoms with Gasteiger partial charge in [0.25, 0.3) is 0 Å². The van der Waals surface area contributed by atoms with Crippen LogP contribution in [0.1, 0.15) is 19.9 Å². The molecule has 2 aromatic rings. The number of nitrogens with one attached hydrogen (secondary N) is 1. The minimum Gasteiger partial charge on any atom is -0.481 e. The first kappa shape index (κ1) is 12.9. The molecule has 0 aromatic carbocycles. The highest BCUT2D eigenvalue weighted by molar-refractivity contribution is 5.70. The van der Waals surface area contributed by atoms with Gasteiger partial charge in [0.2, 0.25) is 5.56 Å². The molecule has 100 valence electrons. The molecule has 2 atom stereocenters. The van der Waals surface area contributed by atoms with Crippen LogP contribution in [0.4, 0.5) is 0 Å². The third-order valence-corrected chi connectivity index (χ3v) is 3.02. The molecule has 2 heterocycles. The summed E-state index contributed by atoms with van der Waals surface area (Å²) in [6.45, 7) is 3.29. The highest BCUT2D eigenvalue weighted by Gasteiger charge is 2.25. The number of nitrogens with zero attached hydrogens (tertiary/aromatic N) is 4. The van der Waals surface area contributed by atoms with Gasteiger partial charge in [-0.25, -0.2) is 4.68 Å². The standard InChI is InChI=1S/C11H13N5O3/c1-6(11(18)19)7(2)16-10(13-14-15-16)8-3-4-12-9(17)5-8/h3-7H,1-2H3,(H,12,17)(H,18,19). The van der Waals surface area contributed by atoms with Crippen molar-refractivity contribution in [2.75, 3.05) is 0 Å². The second kappa shape index (κ2) is 5.01. The maximum Gasteiger partial charge on any atom is 0.308 e. The zero-order chi connectivity index (χ0) is 14.0. The molecule has 0 fully saturated rings. The van der Waals surface area contributed by atoms with Gasteiger partial charge in [-0.05, 0) is 30.3 Å². The van der Waals surface area contributed by atoms with Crippen molar-refractivity contribution in [3.8, 4) is 11.4 Å². The van der Waals surface area contributed by atoms with Crippen LogP contribution in [0.25, 0.3) is 11.4 Å². The van der Waals surface area contributed by atoms with Crippen molar-refractivity contribution in [2.24, 2.45) is 5.92 Å². The molecular weight excluding hydrogens is 250 g/mol. The Balaban J connectivity index is 2.43. The summed E-state index contributed by atoms with van der Waals surface area (Å²) in [5.41, 5.74) is 0.268. The van der Waals surface area contributed by atoms with Crippen molar-refractivity contribution in [1.29, 1.82) is 0 Å². The van der Waals surface area contributed by atoms with Crippen LogP contribution in [0.3, 0.4) is 0 Å². The quantitative estimate of drug-likeness (QED) is 0.820. The summed E-state index contributed by atoms with van der Waals surface area (Å²) in [5.74, 6) is -1.21. The third-order valence-electron chi connectivity index (χ3n) is 3.02. The lowest BCUT2D eigenvalue weighted by Crippen LogP contribution is -2.23. The molecule has 0 radical (unpaired) electrons. The molecule has 0 aliphatic heterocycles. The van der Waals surface area contributed by atoms with Crippen molar-refractivity contribution in [3.05, 3.63) is 28.7 Å². The number of H-pyrrole nitrogens is 1. The minimum atomic E-state index is -0.931. The monoisotopic (exact) mass is 263 g/mol. The fraction of sp³-hybridized carbons (Fsp3) is 0.364. The van der Waals surface area contributed by atoms with E-state index in [2.05, 4.69) is 20.5 Å². The topological polar surface area (TPSA) is 114 Å². The van der Waals surface area contributed by atoms with Crippen LogP contribution >= 0.6 is 0 Å². The molecule has 0 saturated heterocycles. The average molecular weight is 263 g/mol. The number of tetrazole rings is 1. The molecule has 0 bridgehead atoms. The van der Waals surface area contributed by atoms with Gasteiger partial charge < -0.3 is 10.1 Å². The lowest BCUT2D eigenvalue weighted by molar-refractivity contribution is -0.142. The predicted octanol–water partition coefficient (Wildman–Crippen LogP) is 0.310. The van der Waals surface area contributed by atoms with Crippen molar-refractivity contribution in [1.82, 2.24) is 25.2 Å². The Bertz CT molecular complexity index is 648. The number of rotatable bonds is 4. The van der Waals surface area contributed by atoms with Gasteiger partial charge in [-0.2, -0.15) is 0 Å². The maximum absolute atomic E-state index is 11.3. The number of aromatic nitrogens is 5. The molecular formula is C11H13N5O3. The van der Waals surface area contributed by atoms with Crippen LogP contribution in [0.5, 0.6) is 0 Å². The van der Waals surface area contributed by atoms with Gasteiger partial charge in [0.1, 0.15) is 0 Å². The van der Waals surface area contributed by atoms with Crippen molar-refractivity contribution >= 4 is 5.97 Å². The van der Waals surface area contributed by atoms with E-state index in [4.69, 9.17) is 5.11 Å². The zero-order valence-corrected chi connectivity index (χ0v) is 10.4. The number of carboxylic acid groups (broad SMARTS) is 1. The Morgan fingerprint density at radius 1 is 1.47 bits per heavy atom. The lowest BCUT2D eigenvalue weighted by atomic mass is 10.0. The van der Waals surface area contributed by atoms with Gasteiger partial charge in [-0.3, -0.25) is 9.59 Å². The number of carbonyl (C=O) groups is 1. The van der Waals surface area contributed by atoms with E-state index in [1.165, 1.54) is 16.9 Å². The van der Waals surface area contributed by atoms with E-state index in [0.717, 1.165) is 0 Å². The molecule has 2 N–H and O–H groups in total. The van der Waals surface area contributed by atoms with E-state index in [1.54, 1.807) is 19.9 Å². The summed E-state index contributed by atoms with van der Waals surface area (Å²) in [4.78, 5) is 24.8. The fourth-order valence-electron chi connectivity index (χ4n) is 1.66. The van der Waals surface area contributed by atoms with Crippen LogP contribution in [-0.2, 0) is 4.79 Å². The number of carboxylic acids is 1. The van der Waals surface area contributed by atoms with E-state index in [9.17, 15) is 9.59 Å². The van der Waals surface area contributed by atoms with Gasteiger partial charge in [0.15, 0.2) is 5.82 Å². The van der Waals surface area contributed by atoms with Crippen LogP contribution in [0.2, 0.25) is 0 Å². The first-order chi connectivity index (χ1) is 9.00. The summed E-state index contributed by atoms with van der Waals surface area (Å²) < 4.78 is 1.41. The number of hydrogen-bond donors (Lipinski definition) is 2. The molecule has 0 spiro atoms. The van der Waals surface area contributed by atoms with Crippen LogP contribution in [0.15, 0.2) is 23.1 Å². The van der Waals surface area contributed by atoms with E-state index in [1.807, 2.05) is 0 Å². The molecule has 8 heteroatoms. The Labute approximate surface area is 108 Å². The first-order valence-corrected chi connectivity index (χ1v) is 5.70. The summed E-state index contributed by atoms with van der Waals surface area (Å²) in [7, 11) is 0. The van der Waals surface area contributed by atoms with Gasteiger partial charge in [0, 0.05) is 17.8 Å². The SMILES string of the molecule is CC(C(=O)O)C(C)n1nnnc1-c1cc[nH]c(=O)c1. The smallest absolute Gasteiger partial charge is 0.308 e. The maximum atomic E-state index is 11.3. The Morgan fingerprint density at radius 2 is 2.21 bits per heavy atom. The third kappa shape index (κ3) is 2.51. The van der Waals surface area contributed by atoms with E-state index >= 15 is 0 Å². The second-order valence-electron chi connectivity index (χ2n) is 4.26. The van der Waals surface area contributed by atoms with Gasteiger partial charge in [0.05, 0.1) is 12.0 Å². The summed E-state index contributed by atoms with van der Waals surface area (Å²) in [6, 6.07) is 2.59. The summed E-state index contributed by atoms with van der Waals surface area (Å²) >= 11 is 0. The summed E-state index contributed by atoms with van der Waals surface area (Å²) in [6.07, 6.45) is 1.49. The van der Waals surface area contributed by atoms with Gasteiger partial charge >= 0.3 is 5.97 Å². The number of pyridine rings is 1. The van der Waals surface area contributed by atoms with E-state index < -0.39 is 17.9 Å². The molecule has 0 aliphatic carbocycles. The van der Waals surface area contributed by atoms with Crippen molar-refractivity contribution in [3.63, 3.8) is 0 Å². The molecule has 2 rings (SSSR count). The normalized spacial score (nSPS) is 14.0. The van der Waals surface area contributed by atoms with Gasteiger partial charge in [-0.1, -0.05) is 0 Å². The second-order valence-corrected chi connectivity index (χ2v) is 4.26. The highest BCUT2D eigenvalue weighted by Crippen LogP contribution is 2.22. The lowest BCUT2D eigenvalue weighted by Gasteiger charge is -2.17. The molecule has 8 nitrogen and oxygen atoms in total. The molecule has 2 aromatic heterocycles. The van der Waals surface area contributed by atoms with Gasteiger partial charge in [-0.15, -0.1) is 5.10 Å². The minimum absolute atomic E-state index is 0.272. The van der Waals surface area contributed by atoms with Crippen LogP contribution in [0, 0.1) is 5.92 Å². The Kier molecular flexibility index (Phi) is 3.41. The molecule has 0 saturated carbocycles. The number of aliphatic carboxylic acids is 1. The Morgan fingerprint density at radius 3 is 2.84 bits per heavy atom. The fourth-order valence-corrected chi connectivity index (χ4v) is 1.66. The van der Waals surface area contributed by atoms with E-state index in [-0.39, 0.29) is 5.56 Å². The van der Waals surface area contributed by atoms with Crippen molar-refractivity contribution < 1.29 is 9.90 Å². The average Bonchev–Trinajstić information content (AvgIpc) is 2.86. The number of aromatic amines is 1. The highest BCUT2D eigenvalue weighted by atomic mass is 16.4. The largest absolute Gasteiger partial charge is 0.481 e. The molecule has 2 unspecified atom stereocenters. The van der Waals surface area contributed by atoms with Crippen molar-refractivity contribution in [2.45, 2.75) is 19.9 Å². The zero-order valence-electron chi connectivity index (χ0n) is 10.4. The number of hydrogen-bond acceptors (Lipinski definition) is 5. The Hall–Kier alpha value is -2.51. The molecule has 0 aliphatic rings. The summed E-state index contributed by atoms with van der Waals surface area (Å²) in [5, 5.41) is 20.2. The van der Waals surface area contributed by atoms with Crippen LogP contribution < -0.4 is 5.56 Å². The van der Waals surface area contributed by atoms with Crippen LogP contribution in [-0.4, -0.2) is 36.3 Å². The molecule has 19 heavy (non-hydrogen) atoms. The first-order valence-electron chi connectivity index (χ1n) is 5.70.